The number of nitrogens with two attached hydrogens (primary N) is 1. The Morgan fingerprint density at radius 3 is 2.28 bits per heavy atom. The number of aromatic nitrogens is 1. The fraction of sp³-hybridized carbons (Fsp3) is 0.593. The summed E-state index contributed by atoms with van der Waals surface area (Å²) in [6.45, 7) is 10.7. The van der Waals surface area contributed by atoms with Crippen LogP contribution in [0, 0.1) is 11.3 Å². The number of Topliss-reactive ketones (excluding diaryl/α,β-unsaturated/α-hetero) is 2. The molecule has 1 fully saturated rings. The number of rotatable bonds is 11. The van der Waals surface area contributed by atoms with Crippen molar-refractivity contribution in [2.75, 3.05) is 6.54 Å². The van der Waals surface area contributed by atoms with Crippen molar-refractivity contribution in [2.45, 2.75) is 85.0 Å². The summed E-state index contributed by atoms with van der Waals surface area (Å²) in [5, 5.41) is 7.90. The number of carbonyl (C=O) groups is 6. The monoisotopic (exact) mass is 544 g/mol. The predicted octanol–water partition coefficient (Wildman–Crippen LogP) is 0.943. The van der Waals surface area contributed by atoms with Gasteiger partial charge in [0.25, 0.3) is 5.91 Å². The molecule has 214 valence electrons. The zero-order valence-corrected chi connectivity index (χ0v) is 23.4. The van der Waals surface area contributed by atoms with Crippen LogP contribution in [0.5, 0.6) is 0 Å². The van der Waals surface area contributed by atoms with Crippen LogP contribution in [0.25, 0.3) is 0 Å². The van der Waals surface area contributed by atoms with E-state index in [0.717, 1.165) is 0 Å². The van der Waals surface area contributed by atoms with Crippen LogP contribution in [-0.2, 0) is 19.2 Å². The summed E-state index contributed by atoms with van der Waals surface area (Å²) < 4.78 is 0. The lowest BCUT2D eigenvalue weighted by atomic mass is 9.85. The molecule has 39 heavy (non-hydrogen) atoms. The first-order valence-electron chi connectivity index (χ1n) is 13.2. The summed E-state index contributed by atoms with van der Waals surface area (Å²) in [6, 6.07) is 0.353. The maximum absolute atomic E-state index is 13.7. The number of hydrogen-bond donors (Lipinski definition) is 4. The Kier molecular flexibility index (Phi) is 10.7. The van der Waals surface area contributed by atoms with E-state index in [0.29, 0.717) is 19.3 Å². The Bertz CT molecular complexity index is 1090. The largest absolute Gasteiger partial charge is 0.363 e. The molecule has 0 aliphatic carbocycles. The SMILES string of the molecule is CCC(C)C(NC(=O)NC(C(=O)N1CCCC1C(=O)NC(C)C(=O)C(N)=O)C(C)(C)C)C(=O)c1ccccn1. The van der Waals surface area contributed by atoms with Gasteiger partial charge in [0.1, 0.15) is 17.8 Å². The lowest BCUT2D eigenvalue weighted by Gasteiger charge is -2.36. The fourth-order valence-corrected chi connectivity index (χ4v) is 4.39. The zero-order chi connectivity index (χ0) is 29.5. The Morgan fingerprint density at radius 1 is 1.08 bits per heavy atom. The highest BCUT2D eigenvalue weighted by Crippen LogP contribution is 2.26. The number of nitrogens with zero attached hydrogens (tertiary/aromatic N) is 2. The van der Waals surface area contributed by atoms with Crippen molar-refractivity contribution < 1.29 is 28.8 Å². The third-order valence-electron chi connectivity index (χ3n) is 6.92. The van der Waals surface area contributed by atoms with Crippen LogP contribution >= 0.6 is 0 Å². The lowest BCUT2D eigenvalue weighted by molar-refractivity contribution is -0.143. The molecule has 5 atom stereocenters. The van der Waals surface area contributed by atoms with Gasteiger partial charge in [-0.15, -0.1) is 0 Å². The van der Waals surface area contributed by atoms with Crippen LogP contribution in [0.3, 0.4) is 0 Å². The molecule has 2 rings (SSSR count). The van der Waals surface area contributed by atoms with Crippen LogP contribution in [0.2, 0.25) is 0 Å². The minimum Gasteiger partial charge on any atom is -0.363 e. The van der Waals surface area contributed by atoms with Gasteiger partial charge in [-0.2, -0.15) is 0 Å². The standard InChI is InChI=1S/C27H40N6O6/c1-7-15(2)19(21(35)17-11-8-9-13-29-17)31-26(39)32-22(27(4,5)6)25(38)33-14-10-12-18(33)24(37)30-16(3)20(34)23(28)36/h8-9,11,13,15-16,18-19,22H,7,10,12,14H2,1-6H3,(H2,28,36)(H,30,37)(H2,31,32,39). The molecule has 0 saturated carbocycles. The van der Waals surface area contributed by atoms with Crippen LogP contribution in [0.4, 0.5) is 4.79 Å². The van der Waals surface area contributed by atoms with Gasteiger partial charge < -0.3 is 26.6 Å². The van der Waals surface area contributed by atoms with Crippen molar-refractivity contribution in [3.05, 3.63) is 30.1 Å². The number of likely N-dealkylation sites (tertiary alicyclic amines) is 1. The zero-order valence-electron chi connectivity index (χ0n) is 23.4. The quantitative estimate of drug-likeness (QED) is 0.236. The molecule has 5 N–H and O–H groups in total. The van der Waals surface area contributed by atoms with Gasteiger partial charge in [0, 0.05) is 12.7 Å². The number of nitrogens with one attached hydrogen (secondary N) is 3. The summed E-state index contributed by atoms with van der Waals surface area (Å²) >= 11 is 0. The summed E-state index contributed by atoms with van der Waals surface area (Å²) in [7, 11) is 0. The van der Waals surface area contributed by atoms with Crippen molar-refractivity contribution in [1.82, 2.24) is 25.8 Å². The molecule has 5 unspecified atom stereocenters. The smallest absolute Gasteiger partial charge is 0.316 e. The number of ketones is 2. The van der Waals surface area contributed by atoms with E-state index in [4.69, 9.17) is 5.73 Å². The minimum absolute atomic E-state index is 0.203. The number of primary amides is 1. The molecule has 0 aromatic carbocycles. The van der Waals surface area contributed by atoms with E-state index in [1.54, 1.807) is 39.0 Å². The van der Waals surface area contributed by atoms with Gasteiger partial charge in [0.2, 0.25) is 23.4 Å². The van der Waals surface area contributed by atoms with Gasteiger partial charge in [-0.3, -0.25) is 29.0 Å². The molecule has 12 heteroatoms. The molecule has 1 aliphatic rings. The second-order valence-corrected chi connectivity index (χ2v) is 11.0. The first-order chi connectivity index (χ1) is 18.2. The Labute approximate surface area is 228 Å². The number of urea groups is 1. The third kappa shape index (κ3) is 8.08. The number of carbonyl (C=O) groups excluding carboxylic acids is 6. The summed E-state index contributed by atoms with van der Waals surface area (Å²) in [6.07, 6.45) is 3.02. The van der Waals surface area contributed by atoms with Crippen molar-refractivity contribution in [1.29, 1.82) is 0 Å². The molecular weight excluding hydrogens is 504 g/mol. The second-order valence-electron chi connectivity index (χ2n) is 11.0. The highest BCUT2D eigenvalue weighted by Gasteiger charge is 2.43. The maximum atomic E-state index is 13.7. The van der Waals surface area contributed by atoms with Crippen LogP contribution < -0.4 is 21.7 Å². The van der Waals surface area contributed by atoms with Gasteiger partial charge in [0.05, 0.1) is 12.1 Å². The van der Waals surface area contributed by atoms with Crippen LogP contribution in [0.1, 0.15) is 71.3 Å². The van der Waals surface area contributed by atoms with E-state index in [9.17, 15) is 28.8 Å². The molecule has 12 nitrogen and oxygen atoms in total. The van der Waals surface area contributed by atoms with Gasteiger partial charge in [-0.1, -0.05) is 47.1 Å². The highest BCUT2D eigenvalue weighted by atomic mass is 16.2. The fourth-order valence-electron chi connectivity index (χ4n) is 4.39. The van der Waals surface area contributed by atoms with Crippen molar-refractivity contribution in [3.8, 4) is 0 Å². The Hall–Kier alpha value is -3.83. The molecule has 0 radical (unpaired) electrons. The minimum atomic E-state index is -1.16. The van der Waals surface area contributed by atoms with E-state index >= 15 is 0 Å². The molecular formula is C27H40N6O6. The van der Waals surface area contributed by atoms with Crippen LogP contribution in [0.15, 0.2) is 24.4 Å². The molecule has 1 aliphatic heterocycles. The van der Waals surface area contributed by atoms with Gasteiger partial charge >= 0.3 is 6.03 Å². The average Bonchev–Trinajstić information content (AvgIpc) is 3.38. The van der Waals surface area contributed by atoms with Crippen molar-refractivity contribution in [3.63, 3.8) is 0 Å². The molecule has 1 aromatic rings. The molecule has 0 spiro atoms. The van der Waals surface area contributed by atoms with Gasteiger partial charge in [-0.05, 0) is 43.2 Å². The van der Waals surface area contributed by atoms with Gasteiger partial charge in [0.15, 0.2) is 0 Å². The average molecular weight is 545 g/mol. The van der Waals surface area contributed by atoms with Gasteiger partial charge in [-0.25, -0.2) is 4.79 Å². The maximum Gasteiger partial charge on any atom is 0.316 e. The Morgan fingerprint density at radius 2 is 1.74 bits per heavy atom. The first kappa shape index (κ1) is 31.4. The number of pyridine rings is 1. The number of hydrogen-bond acceptors (Lipinski definition) is 7. The van der Waals surface area contributed by atoms with Crippen LogP contribution in [-0.4, -0.2) is 75.9 Å². The topological polar surface area (TPSA) is 181 Å². The van der Waals surface area contributed by atoms with E-state index in [2.05, 4.69) is 20.9 Å². The molecule has 0 bridgehead atoms. The third-order valence-corrected chi connectivity index (χ3v) is 6.92. The Balaban J connectivity index is 2.20. The van der Waals surface area contributed by atoms with Crippen molar-refractivity contribution >= 4 is 35.3 Å². The predicted molar refractivity (Wildman–Crippen MR) is 143 cm³/mol. The first-order valence-corrected chi connectivity index (χ1v) is 13.2. The summed E-state index contributed by atoms with van der Waals surface area (Å²) in [5.74, 6) is -3.71. The number of amides is 5. The van der Waals surface area contributed by atoms with E-state index < -0.39 is 59.1 Å². The lowest BCUT2D eigenvalue weighted by Crippen LogP contribution is -2.61. The van der Waals surface area contributed by atoms with E-state index in [1.165, 1.54) is 18.0 Å². The van der Waals surface area contributed by atoms with E-state index in [1.807, 2.05) is 13.8 Å². The van der Waals surface area contributed by atoms with E-state index in [-0.39, 0.29) is 23.9 Å². The van der Waals surface area contributed by atoms with Crippen molar-refractivity contribution in [2.24, 2.45) is 17.1 Å². The second kappa shape index (κ2) is 13.3. The highest BCUT2D eigenvalue weighted by molar-refractivity contribution is 6.37. The molecule has 1 aromatic heterocycles. The molecule has 1 saturated heterocycles. The molecule has 5 amide bonds. The summed E-state index contributed by atoms with van der Waals surface area (Å²) in [4.78, 5) is 81.3. The molecule has 2 heterocycles. The summed E-state index contributed by atoms with van der Waals surface area (Å²) in [5.41, 5.74) is 4.49. The normalized spacial score (nSPS) is 18.3.